The molecule has 0 heterocycles. The number of methoxy groups -OCH3 is 1. The molecule has 2 rings (SSSR count). The van der Waals surface area contributed by atoms with Gasteiger partial charge >= 0.3 is 0 Å². The van der Waals surface area contributed by atoms with Gasteiger partial charge in [-0.05, 0) is 42.8 Å². The summed E-state index contributed by atoms with van der Waals surface area (Å²) < 4.78 is 37.3. The molecule has 2 aromatic rings. The Morgan fingerprint density at radius 3 is 2.42 bits per heavy atom. The first-order chi connectivity index (χ1) is 14.8. The SMILES string of the molecule is CCOc1cc(/C=N/Nc2ccc(S(=O)(=O)N(CC)CC)cc2[N+](=O)[O-])ccc1OC. The molecule has 0 aliphatic heterocycles. The van der Waals surface area contributed by atoms with Crippen molar-refractivity contribution < 1.29 is 22.8 Å². The number of hydrazone groups is 1. The standard InChI is InChI=1S/C20H26N4O6S/c1-5-23(6-2)31(27,28)16-9-10-17(18(13-16)24(25)26)22-21-14-15-8-11-19(29-4)20(12-15)30-7-3/h8-14,22H,5-7H2,1-4H3/b21-14+. The van der Waals surface area contributed by atoms with Gasteiger partial charge in [-0.25, -0.2) is 8.42 Å². The molecule has 0 unspecified atom stereocenters. The highest BCUT2D eigenvalue weighted by Gasteiger charge is 2.25. The summed E-state index contributed by atoms with van der Waals surface area (Å²) in [6, 6.07) is 8.88. The van der Waals surface area contributed by atoms with Crippen LogP contribution in [0.2, 0.25) is 0 Å². The molecule has 11 heteroatoms. The first-order valence-electron chi connectivity index (χ1n) is 9.66. The number of anilines is 1. The van der Waals surface area contributed by atoms with E-state index in [9.17, 15) is 18.5 Å². The van der Waals surface area contributed by atoms with E-state index in [0.717, 1.165) is 6.07 Å². The molecule has 0 aromatic heterocycles. The van der Waals surface area contributed by atoms with Crippen LogP contribution >= 0.6 is 0 Å². The number of hydrogen-bond acceptors (Lipinski definition) is 8. The van der Waals surface area contributed by atoms with Crippen LogP contribution in [0.3, 0.4) is 0 Å². The second kappa shape index (κ2) is 10.7. The Labute approximate surface area is 181 Å². The highest BCUT2D eigenvalue weighted by atomic mass is 32.2. The molecule has 0 aliphatic carbocycles. The summed E-state index contributed by atoms with van der Waals surface area (Å²) in [7, 11) is -2.28. The maximum atomic E-state index is 12.6. The van der Waals surface area contributed by atoms with Crippen LogP contribution in [0.4, 0.5) is 11.4 Å². The molecular weight excluding hydrogens is 424 g/mol. The predicted octanol–water partition coefficient (Wildman–Crippen LogP) is 3.48. The van der Waals surface area contributed by atoms with Crippen LogP contribution in [0.25, 0.3) is 0 Å². The highest BCUT2D eigenvalue weighted by molar-refractivity contribution is 7.89. The second-order valence-corrected chi connectivity index (χ2v) is 8.18. The van der Waals surface area contributed by atoms with Crippen molar-refractivity contribution in [1.82, 2.24) is 4.31 Å². The maximum Gasteiger partial charge on any atom is 0.295 e. The quantitative estimate of drug-likeness (QED) is 0.316. The summed E-state index contributed by atoms with van der Waals surface area (Å²) in [5.41, 5.74) is 2.96. The van der Waals surface area contributed by atoms with Crippen molar-refractivity contribution in [3.8, 4) is 11.5 Å². The van der Waals surface area contributed by atoms with Gasteiger partial charge in [-0.15, -0.1) is 0 Å². The second-order valence-electron chi connectivity index (χ2n) is 6.24. The van der Waals surface area contributed by atoms with E-state index in [1.807, 2.05) is 6.92 Å². The van der Waals surface area contributed by atoms with Gasteiger partial charge in [0.05, 0.1) is 29.8 Å². The minimum atomic E-state index is -3.82. The fraction of sp³-hybridized carbons (Fsp3) is 0.350. The highest BCUT2D eigenvalue weighted by Crippen LogP contribution is 2.30. The lowest BCUT2D eigenvalue weighted by atomic mass is 10.2. The molecule has 0 bridgehead atoms. The Bertz CT molecular complexity index is 1050. The molecule has 10 nitrogen and oxygen atoms in total. The maximum absolute atomic E-state index is 12.6. The molecule has 0 aliphatic rings. The third kappa shape index (κ3) is 5.70. The van der Waals surface area contributed by atoms with Crippen LogP contribution < -0.4 is 14.9 Å². The van der Waals surface area contributed by atoms with Gasteiger partial charge in [0.15, 0.2) is 11.5 Å². The van der Waals surface area contributed by atoms with Gasteiger partial charge in [-0.3, -0.25) is 15.5 Å². The van der Waals surface area contributed by atoms with Gasteiger partial charge < -0.3 is 9.47 Å². The van der Waals surface area contributed by atoms with Crippen molar-refractivity contribution in [3.05, 3.63) is 52.1 Å². The number of nitro groups is 1. The fourth-order valence-corrected chi connectivity index (χ4v) is 4.33. The zero-order chi connectivity index (χ0) is 23.0. The average molecular weight is 451 g/mol. The van der Waals surface area contributed by atoms with Crippen molar-refractivity contribution in [2.75, 3.05) is 32.2 Å². The molecule has 0 fully saturated rings. The van der Waals surface area contributed by atoms with E-state index in [1.165, 1.54) is 29.8 Å². The molecule has 0 saturated carbocycles. The van der Waals surface area contributed by atoms with Gasteiger partial charge in [0.25, 0.3) is 5.69 Å². The fourth-order valence-electron chi connectivity index (χ4n) is 2.85. The molecule has 1 N–H and O–H groups in total. The van der Waals surface area contributed by atoms with Crippen LogP contribution in [0, 0.1) is 10.1 Å². The van der Waals surface area contributed by atoms with E-state index < -0.39 is 20.6 Å². The monoisotopic (exact) mass is 450 g/mol. The predicted molar refractivity (Wildman–Crippen MR) is 119 cm³/mol. The van der Waals surface area contributed by atoms with Crippen molar-refractivity contribution in [2.45, 2.75) is 25.7 Å². The zero-order valence-electron chi connectivity index (χ0n) is 17.9. The zero-order valence-corrected chi connectivity index (χ0v) is 18.7. The Balaban J connectivity index is 2.30. The lowest BCUT2D eigenvalue weighted by molar-refractivity contribution is -0.384. The number of ether oxygens (including phenoxy) is 2. The minimum absolute atomic E-state index is 0.0679. The molecule has 0 saturated heterocycles. The third-order valence-corrected chi connectivity index (χ3v) is 6.44. The number of nitrogens with one attached hydrogen (secondary N) is 1. The van der Waals surface area contributed by atoms with E-state index in [4.69, 9.17) is 9.47 Å². The van der Waals surface area contributed by atoms with E-state index in [2.05, 4.69) is 10.5 Å². The van der Waals surface area contributed by atoms with Gasteiger partial charge in [-0.2, -0.15) is 9.41 Å². The molecule has 2 aromatic carbocycles. The normalized spacial score (nSPS) is 11.6. The van der Waals surface area contributed by atoms with Crippen LogP contribution in [-0.4, -0.2) is 50.7 Å². The Morgan fingerprint density at radius 2 is 1.84 bits per heavy atom. The molecule has 0 radical (unpaired) electrons. The van der Waals surface area contributed by atoms with Crippen LogP contribution in [0.1, 0.15) is 26.3 Å². The Hall–Kier alpha value is -3.18. The number of nitro benzene ring substituents is 1. The summed E-state index contributed by atoms with van der Waals surface area (Å²) >= 11 is 0. The summed E-state index contributed by atoms with van der Waals surface area (Å²) in [6.07, 6.45) is 1.46. The molecule has 0 atom stereocenters. The number of rotatable bonds is 11. The molecule has 31 heavy (non-hydrogen) atoms. The first kappa shape index (κ1) is 24.1. The molecule has 168 valence electrons. The number of nitrogens with zero attached hydrogens (tertiary/aromatic N) is 3. The van der Waals surface area contributed by atoms with E-state index >= 15 is 0 Å². The lowest BCUT2D eigenvalue weighted by Gasteiger charge is -2.18. The first-order valence-corrected chi connectivity index (χ1v) is 11.1. The van der Waals surface area contributed by atoms with Crippen LogP contribution in [-0.2, 0) is 10.0 Å². The van der Waals surface area contributed by atoms with Gasteiger partial charge in [0.2, 0.25) is 10.0 Å². The summed E-state index contributed by atoms with van der Waals surface area (Å²) in [4.78, 5) is 10.7. The van der Waals surface area contributed by atoms with Crippen LogP contribution in [0.5, 0.6) is 11.5 Å². The average Bonchev–Trinajstić information content (AvgIpc) is 2.75. The molecule has 0 amide bonds. The van der Waals surface area contributed by atoms with Crippen LogP contribution in [0.15, 0.2) is 46.4 Å². The van der Waals surface area contributed by atoms with Crippen molar-refractivity contribution in [2.24, 2.45) is 5.10 Å². The van der Waals surface area contributed by atoms with Gasteiger partial charge in [-0.1, -0.05) is 13.8 Å². The largest absolute Gasteiger partial charge is 0.493 e. The van der Waals surface area contributed by atoms with Crippen molar-refractivity contribution >= 4 is 27.6 Å². The number of hydrogen-bond donors (Lipinski definition) is 1. The Morgan fingerprint density at radius 1 is 1.13 bits per heavy atom. The van der Waals surface area contributed by atoms with E-state index in [-0.39, 0.29) is 23.7 Å². The number of sulfonamides is 1. The lowest BCUT2D eigenvalue weighted by Crippen LogP contribution is -2.30. The summed E-state index contributed by atoms with van der Waals surface area (Å²) in [5.74, 6) is 1.12. The third-order valence-electron chi connectivity index (χ3n) is 4.40. The van der Waals surface area contributed by atoms with E-state index in [1.54, 1.807) is 32.0 Å². The minimum Gasteiger partial charge on any atom is -0.493 e. The summed E-state index contributed by atoms with van der Waals surface area (Å²) in [6.45, 7) is 6.26. The smallest absolute Gasteiger partial charge is 0.295 e. The van der Waals surface area contributed by atoms with Crippen molar-refractivity contribution in [1.29, 1.82) is 0 Å². The molecule has 0 spiro atoms. The van der Waals surface area contributed by atoms with E-state index in [0.29, 0.717) is 23.7 Å². The van der Waals surface area contributed by atoms with Gasteiger partial charge in [0, 0.05) is 19.2 Å². The summed E-state index contributed by atoms with van der Waals surface area (Å²) in [5, 5.41) is 15.5. The van der Waals surface area contributed by atoms with Gasteiger partial charge in [0.1, 0.15) is 5.69 Å². The van der Waals surface area contributed by atoms with Crippen molar-refractivity contribution in [3.63, 3.8) is 0 Å². The Kier molecular flexibility index (Phi) is 8.34. The topological polar surface area (TPSA) is 123 Å². The molecular formula is C20H26N4O6S. The number of benzene rings is 2.